The van der Waals surface area contributed by atoms with Gasteiger partial charge in [0.2, 0.25) is 0 Å². The molecule has 104 valence electrons. The van der Waals surface area contributed by atoms with E-state index in [0.29, 0.717) is 24.1 Å². The Morgan fingerprint density at radius 3 is 2.80 bits per heavy atom. The quantitative estimate of drug-likeness (QED) is 0.460. The van der Waals surface area contributed by atoms with E-state index in [4.69, 9.17) is 4.74 Å². The van der Waals surface area contributed by atoms with Crippen molar-refractivity contribution in [1.29, 1.82) is 0 Å². The number of halogens is 1. The zero-order chi connectivity index (χ0) is 14.4. The number of pyridine rings is 1. The lowest BCUT2D eigenvalue weighted by atomic mass is 10.2. The number of non-ortho nitro benzene ring substituents is 1. The maximum atomic E-state index is 10.7. The minimum atomic E-state index is -0.413. The lowest BCUT2D eigenvalue weighted by molar-refractivity contribution is -0.384. The third-order valence-electron chi connectivity index (χ3n) is 2.74. The van der Waals surface area contributed by atoms with Crippen molar-refractivity contribution in [2.45, 2.75) is 11.8 Å². The molecular formula is C14H13BrN2O3. The molecule has 5 nitrogen and oxygen atoms in total. The van der Waals surface area contributed by atoms with Crippen LogP contribution in [0.25, 0.3) is 0 Å². The van der Waals surface area contributed by atoms with Gasteiger partial charge in [0.1, 0.15) is 5.75 Å². The molecule has 0 saturated heterocycles. The first-order valence-electron chi connectivity index (χ1n) is 6.06. The van der Waals surface area contributed by atoms with E-state index in [0.717, 1.165) is 11.3 Å². The molecule has 1 heterocycles. The highest BCUT2D eigenvalue weighted by atomic mass is 79.9. The van der Waals surface area contributed by atoms with Crippen molar-refractivity contribution in [3.63, 3.8) is 0 Å². The summed E-state index contributed by atoms with van der Waals surface area (Å²) in [6, 6.07) is 10.3. The molecule has 2 aromatic rings. The van der Waals surface area contributed by atoms with Crippen LogP contribution >= 0.6 is 15.9 Å². The maximum Gasteiger partial charge on any atom is 0.270 e. The molecule has 0 amide bonds. The number of benzene rings is 1. The average molecular weight is 337 g/mol. The van der Waals surface area contributed by atoms with Gasteiger partial charge in [-0.05, 0) is 18.2 Å². The fraction of sp³-hybridized carbons (Fsp3) is 0.214. The van der Waals surface area contributed by atoms with Gasteiger partial charge in [0, 0.05) is 41.3 Å². The zero-order valence-corrected chi connectivity index (χ0v) is 12.2. The van der Waals surface area contributed by atoms with E-state index < -0.39 is 4.92 Å². The summed E-state index contributed by atoms with van der Waals surface area (Å²) >= 11 is 3.31. The molecule has 0 spiro atoms. The van der Waals surface area contributed by atoms with Crippen molar-refractivity contribution in [3.8, 4) is 5.75 Å². The third kappa shape index (κ3) is 3.77. The van der Waals surface area contributed by atoms with Gasteiger partial charge in [0.15, 0.2) is 0 Å². The van der Waals surface area contributed by atoms with E-state index in [1.54, 1.807) is 12.3 Å². The van der Waals surface area contributed by atoms with E-state index in [1.165, 1.54) is 12.1 Å². The highest BCUT2D eigenvalue weighted by Gasteiger charge is 2.11. The van der Waals surface area contributed by atoms with Gasteiger partial charge in [-0.1, -0.05) is 22.0 Å². The number of ether oxygens (including phenoxy) is 1. The fourth-order valence-electron chi connectivity index (χ4n) is 1.74. The van der Waals surface area contributed by atoms with Crippen LogP contribution in [0.4, 0.5) is 5.69 Å². The largest absolute Gasteiger partial charge is 0.493 e. The molecule has 0 fully saturated rings. The Balaban J connectivity index is 2.00. The number of nitro groups is 1. The minimum Gasteiger partial charge on any atom is -0.493 e. The van der Waals surface area contributed by atoms with Gasteiger partial charge < -0.3 is 4.74 Å². The first-order chi connectivity index (χ1) is 9.70. The van der Waals surface area contributed by atoms with Gasteiger partial charge in [0.05, 0.1) is 11.5 Å². The summed E-state index contributed by atoms with van der Waals surface area (Å²) in [6.07, 6.45) is 2.44. The summed E-state index contributed by atoms with van der Waals surface area (Å²) in [7, 11) is 0. The molecule has 0 aliphatic heterocycles. The van der Waals surface area contributed by atoms with E-state index in [-0.39, 0.29) is 5.69 Å². The van der Waals surface area contributed by atoms with Crippen LogP contribution in [-0.4, -0.2) is 16.5 Å². The predicted octanol–water partition coefficient (Wildman–Crippen LogP) is 3.51. The van der Waals surface area contributed by atoms with E-state index >= 15 is 0 Å². The molecule has 2 rings (SSSR count). The lowest BCUT2D eigenvalue weighted by Gasteiger charge is -2.09. The normalized spacial score (nSPS) is 10.2. The van der Waals surface area contributed by atoms with Crippen molar-refractivity contribution >= 4 is 21.6 Å². The van der Waals surface area contributed by atoms with Gasteiger partial charge in [-0.15, -0.1) is 0 Å². The fourth-order valence-corrected chi connectivity index (χ4v) is 2.17. The van der Waals surface area contributed by atoms with Crippen molar-refractivity contribution in [1.82, 2.24) is 4.98 Å². The Kier molecular flexibility index (Phi) is 5.06. The van der Waals surface area contributed by atoms with Crippen molar-refractivity contribution in [2.75, 3.05) is 6.61 Å². The molecule has 0 unspecified atom stereocenters. The number of nitrogens with zero attached hydrogens (tertiary/aromatic N) is 2. The van der Waals surface area contributed by atoms with E-state index in [2.05, 4.69) is 20.9 Å². The first kappa shape index (κ1) is 14.5. The maximum absolute atomic E-state index is 10.7. The van der Waals surface area contributed by atoms with Crippen LogP contribution in [-0.2, 0) is 11.8 Å². The molecule has 0 aliphatic carbocycles. The smallest absolute Gasteiger partial charge is 0.270 e. The molecule has 0 saturated carbocycles. The molecule has 0 aliphatic rings. The van der Waals surface area contributed by atoms with Gasteiger partial charge >= 0.3 is 0 Å². The predicted molar refractivity (Wildman–Crippen MR) is 79.2 cm³/mol. The second-order valence-corrected chi connectivity index (χ2v) is 4.66. The standard InChI is InChI=1S/C14H13BrN2O3/c15-10-11-9-13(17(18)19)4-5-14(11)20-8-6-12-3-1-2-7-16-12/h1-5,7,9H,6,8,10H2. The molecule has 0 radical (unpaired) electrons. The molecule has 1 aromatic carbocycles. The van der Waals surface area contributed by atoms with Crippen molar-refractivity contribution in [3.05, 3.63) is 64.0 Å². The number of nitro benzene ring substituents is 1. The van der Waals surface area contributed by atoms with Crippen molar-refractivity contribution < 1.29 is 9.66 Å². The summed E-state index contributed by atoms with van der Waals surface area (Å²) in [5.74, 6) is 0.656. The van der Waals surface area contributed by atoms with E-state index in [1.807, 2.05) is 18.2 Å². The van der Waals surface area contributed by atoms with Crippen LogP contribution in [0.2, 0.25) is 0 Å². The highest BCUT2D eigenvalue weighted by molar-refractivity contribution is 9.08. The van der Waals surface area contributed by atoms with Crippen LogP contribution in [0.1, 0.15) is 11.3 Å². The Morgan fingerprint density at radius 1 is 1.30 bits per heavy atom. The van der Waals surface area contributed by atoms with Crippen molar-refractivity contribution in [2.24, 2.45) is 0 Å². The molecule has 0 atom stereocenters. The second-order valence-electron chi connectivity index (χ2n) is 4.10. The molecule has 1 aromatic heterocycles. The van der Waals surface area contributed by atoms with Gasteiger partial charge in [-0.25, -0.2) is 0 Å². The number of hydrogen-bond acceptors (Lipinski definition) is 4. The summed E-state index contributed by atoms with van der Waals surface area (Å²) in [5.41, 5.74) is 1.78. The highest BCUT2D eigenvalue weighted by Crippen LogP contribution is 2.26. The Labute approximate surface area is 124 Å². The number of alkyl halides is 1. The number of aromatic nitrogens is 1. The molecule has 0 bridgehead atoms. The Morgan fingerprint density at radius 2 is 2.15 bits per heavy atom. The Bertz CT molecular complexity index is 590. The van der Waals surface area contributed by atoms with Gasteiger partial charge in [-0.2, -0.15) is 0 Å². The summed E-state index contributed by atoms with van der Waals surface area (Å²) in [5, 5.41) is 11.2. The molecular weight excluding hydrogens is 324 g/mol. The monoisotopic (exact) mass is 336 g/mol. The summed E-state index contributed by atoms with van der Waals surface area (Å²) in [4.78, 5) is 14.5. The zero-order valence-electron chi connectivity index (χ0n) is 10.7. The minimum absolute atomic E-state index is 0.0662. The third-order valence-corrected chi connectivity index (χ3v) is 3.34. The SMILES string of the molecule is O=[N+]([O-])c1ccc(OCCc2ccccn2)c(CBr)c1. The summed E-state index contributed by atoms with van der Waals surface area (Å²) in [6.45, 7) is 0.481. The lowest BCUT2D eigenvalue weighted by Crippen LogP contribution is -2.04. The average Bonchev–Trinajstić information content (AvgIpc) is 2.48. The number of rotatable bonds is 6. The first-order valence-corrected chi connectivity index (χ1v) is 7.19. The molecule has 6 heteroatoms. The number of hydrogen-bond donors (Lipinski definition) is 0. The van der Waals surface area contributed by atoms with Gasteiger partial charge in [-0.3, -0.25) is 15.1 Å². The Hall–Kier alpha value is -1.95. The topological polar surface area (TPSA) is 65.3 Å². The van der Waals surface area contributed by atoms with E-state index in [9.17, 15) is 10.1 Å². The molecule has 20 heavy (non-hydrogen) atoms. The molecule has 0 N–H and O–H groups in total. The van der Waals surface area contributed by atoms with Crippen LogP contribution < -0.4 is 4.74 Å². The second kappa shape index (κ2) is 7.00. The van der Waals surface area contributed by atoms with Gasteiger partial charge in [0.25, 0.3) is 5.69 Å². The van der Waals surface area contributed by atoms with Crippen LogP contribution in [0.5, 0.6) is 5.75 Å². The summed E-state index contributed by atoms with van der Waals surface area (Å²) < 4.78 is 5.67. The van der Waals surface area contributed by atoms with Crippen LogP contribution in [0, 0.1) is 10.1 Å². The van der Waals surface area contributed by atoms with Crippen LogP contribution in [0.3, 0.4) is 0 Å². The van der Waals surface area contributed by atoms with Crippen LogP contribution in [0.15, 0.2) is 42.6 Å².